The summed E-state index contributed by atoms with van der Waals surface area (Å²) in [6.45, 7) is 12.5. The van der Waals surface area contributed by atoms with E-state index in [1.54, 1.807) is 7.11 Å². The van der Waals surface area contributed by atoms with Gasteiger partial charge in [0.15, 0.2) is 5.76 Å². The van der Waals surface area contributed by atoms with Gasteiger partial charge in [-0.2, -0.15) is 0 Å². The van der Waals surface area contributed by atoms with Crippen molar-refractivity contribution in [3.8, 4) is 0 Å². The summed E-state index contributed by atoms with van der Waals surface area (Å²) in [5.41, 5.74) is 6.18. The molecule has 2 amide bonds. The van der Waals surface area contributed by atoms with Crippen molar-refractivity contribution in [3.63, 3.8) is 0 Å². The van der Waals surface area contributed by atoms with Gasteiger partial charge >= 0.3 is 6.03 Å². The topological polar surface area (TPSA) is 85.6 Å². The van der Waals surface area contributed by atoms with Gasteiger partial charge in [0.2, 0.25) is 0 Å². The van der Waals surface area contributed by atoms with Gasteiger partial charge in [0.05, 0.1) is 7.11 Å². The first-order valence-electron chi connectivity index (χ1n) is 9.98. The summed E-state index contributed by atoms with van der Waals surface area (Å²) in [5.74, 6) is 2.13. The number of hydrogen-bond donors (Lipinski definition) is 3. The molecule has 29 heavy (non-hydrogen) atoms. The third-order valence-electron chi connectivity index (χ3n) is 4.21. The van der Waals surface area contributed by atoms with Crippen LogP contribution in [-0.4, -0.2) is 25.7 Å². The van der Waals surface area contributed by atoms with Crippen LogP contribution in [0.4, 0.5) is 4.79 Å². The maximum atomic E-state index is 12.2. The number of carbonyl (C=O) groups excluding carboxylic acids is 1. The normalized spacial score (nSPS) is 14.1. The number of amides is 2. The van der Waals surface area contributed by atoms with E-state index in [-0.39, 0.29) is 12.1 Å². The number of methoxy groups -OCH3 is 1. The van der Waals surface area contributed by atoms with E-state index in [9.17, 15) is 4.79 Å². The van der Waals surface area contributed by atoms with E-state index in [1.165, 1.54) is 0 Å². The van der Waals surface area contributed by atoms with E-state index in [1.807, 2.05) is 43.4 Å². The fourth-order valence-corrected chi connectivity index (χ4v) is 2.50. The molecular weight excluding hydrogens is 366 g/mol. The zero-order valence-electron chi connectivity index (χ0n) is 18.3. The molecule has 162 valence electrons. The van der Waals surface area contributed by atoms with Crippen LogP contribution < -0.4 is 16.4 Å². The lowest BCUT2D eigenvalue weighted by Crippen LogP contribution is -2.40. The van der Waals surface area contributed by atoms with E-state index < -0.39 is 0 Å². The third-order valence-corrected chi connectivity index (χ3v) is 4.21. The smallest absolute Gasteiger partial charge is 0.319 e. The molecule has 0 saturated carbocycles. The second-order valence-corrected chi connectivity index (χ2v) is 6.07. The summed E-state index contributed by atoms with van der Waals surface area (Å²) in [7, 11) is 1.61. The largest absolute Gasteiger partial charge is 0.497 e. The molecule has 0 fully saturated rings. The van der Waals surface area contributed by atoms with Gasteiger partial charge in [0.25, 0.3) is 0 Å². The molecule has 1 rings (SSSR count). The molecule has 0 heterocycles. The molecule has 6 heteroatoms. The number of hydrogen-bond acceptors (Lipinski definition) is 4. The SMILES string of the molecule is C/C=C(\C/C=C\CN)OC1=C(OC)CC=C(NC(=O)NC(CC)CC)C=C1.C=C. The fourth-order valence-electron chi connectivity index (χ4n) is 2.50. The predicted octanol–water partition coefficient (Wildman–Crippen LogP) is 4.80. The molecule has 0 aromatic carbocycles. The summed E-state index contributed by atoms with van der Waals surface area (Å²) in [6.07, 6.45) is 14.3. The molecule has 0 unspecified atom stereocenters. The van der Waals surface area contributed by atoms with Crippen LogP contribution in [0.25, 0.3) is 0 Å². The lowest BCUT2D eigenvalue weighted by molar-refractivity contribution is 0.230. The van der Waals surface area contributed by atoms with E-state index in [0.29, 0.717) is 36.6 Å². The number of urea groups is 1. The quantitative estimate of drug-likeness (QED) is 0.361. The third kappa shape index (κ3) is 10.4. The van der Waals surface area contributed by atoms with Gasteiger partial charge in [0, 0.05) is 31.1 Å². The number of carbonyl (C=O) groups is 1. The molecule has 0 atom stereocenters. The maximum Gasteiger partial charge on any atom is 0.319 e. The number of ether oxygens (including phenoxy) is 2. The highest BCUT2D eigenvalue weighted by Gasteiger charge is 2.13. The van der Waals surface area contributed by atoms with Crippen LogP contribution in [-0.2, 0) is 9.47 Å². The van der Waals surface area contributed by atoms with Crippen molar-refractivity contribution >= 4 is 6.03 Å². The second-order valence-electron chi connectivity index (χ2n) is 6.07. The molecule has 0 aromatic rings. The minimum absolute atomic E-state index is 0.172. The highest BCUT2D eigenvalue weighted by atomic mass is 16.5. The van der Waals surface area contributed by atoms with Gasteiger partial charge in [0.1, 0.15) is 11.5 Å². The Morgan fingerprint density at radius 2 is 1.97 bits per heavy atom. The Morgan fingerprint density at radius 3 is 2.52 bits per heavy atom. The van der Waals surface area contributed by atoms with Crippen molar-refractivity contribution in [3.05, 3.63) is 72.6 Å². The Kier molecular flexibility index (Phi) is 14.7. The van der Waals surface area contributed by atoms with Crippen LogP contribution in [0.15, 0.2) is 72.6 Å². The second kappa shape index (κ2) is 16.2. The van der Waals surface area contributed by atoms with Crippen LogP contribution >= 0.6 is 0 Å². The fraction of sp³-hybridized carbons (Fsp3) is 0.435. The maximum absolute atomic E-state index is 12.2. The Morgan fingerprint density at radius 1 is 1.28 bits per heavy atom. The van der Waals surface area contributed by atoms with E-state index in [2.05, 4.69) is 37.6 Å². The van der Waals surface area contributed by atoms with Crippen molar-refractivity contribution in [2.75, 3.05) is 13.7 Å². The number of allylic oxidation sites excluding steroid dienone is 5. The van der Waals surface area contributed by atoms with Crippen LogP contribution in [0.2, 0.25) is 0 Å². The highest BCUT2D eigenvalue weighted by molar-refractivity contribution is 5.76. The first kappa shape index (κ1) is 26.3. The number of nitrogens with two attached hydrogens (primary N) is 1. The van der Waals surface area contributed by atoms with Crippen molar-refractivity contribution in [1.82, 2.24) is 10.6 Å². The first-order valence-corrected chi connectivity index (χ1v) is 9.98. The number of rotatable bonds is 10. The van der Waals surface area contributed by atoms with Gasteiger partial charge < -0.3 is 25.8 Å². The lowest BCUT2D eigenvalue weighted by atomic mass is 10.2. The minimum Gasteiger partial charge on any atom is -0.497 e. The highest BCUT2D eigenvalue weighted by Crippen LogP contribution is 2.22. The Balaban J connectivity index is 0.00000379. The predicted molar refractivity (Wildman–Crippen MR) is 121 cm³/mol. The van der Waals surface area contributed by atoms with Crippen LogP contribution in [0, 0.1) is 0 Å². The monoisotopic (exact) mass is 403 g/mol. The molecule has 0 radical (unpaired) electrons. The minimum atomic E-state index is -0.205. The van der Waals surface area contributed by atoms with Gasteiger partial charge in [-0.05, 0) is 38.0 Å². The molecule has 1 aliphatic carbocycles. The van der Waals surface area contributed by atoms with Gasteiger partial charge in [-0.15, -0.1) is 13.2 Å². The van der Waals surface area contributed by atoms with E-state index >= 15 is 0 Å². The summed E-state index contributed by atoms with van der Waals surface area (Å²) >= 11 is 0. The molecular formula is C23H37N3O3. The van der Waals surface area contributed by atoms with E-state index in [0.717, 1.165) is 18.6 Å². The lowest BCUT2D eigenvalue weighted by Gasteiger charge is -2.15. The summed E-state index contributed by atoms with van der Waals surface area (Å²) in [6, 6.07) is -0.0326. The molecule has 0 aromatic heterocycles. The molecule has 0 bridgehead atoms. The standard InChI is InChI=1S/C21H33N3O3.C2H4/c1-5-16(6-2)23-21(25)24-17-11-13-19(26-4)20(14-12-17)27-18(7-3)10-8-9-15-22;1-2/h7-9,11-12,14,16H,5-6,10,13,15,22H2,1-4H3,(H2,23,24,25);1-2H2/b9-8-,18-7+;. The Bertz CT molecular complexity index is 642. The molecule has 0 saturated heterocycles. The number of nitrogens with one attached hydrogen (secondary N) is 2. The summed E-state index contributed by atoms with van der Waals surface area (Å²) in [4.78, 5) is 12.2. The summed E-state index contributed by atoms with van der Waals surface area (Å²) < 4.78 is 11.5. The molecule has 0 spiro atoms. The van der Waals surface area contributed by atoms with Gasteiger partial charge in [-0.25, -0.2) is 4.79 Å². The van der Waals surface area contributed by atoms with Crippen molar-refractivity contribution in [2.45, 2.75) is 52.5 Å². The Labute approximate surface area is 175 Å². The Hall–Kier alpha value is -2.73. The van der Waals surface area contributed by atoms with E-state index in [4.69, 9.17) is 15.2 Å². The molecule has 4 N–H and O–H groups in total. The van der Waals surface area contributed by atoms with Crippen LogP contribution in [0.5, 0.6) is 0 Å². The molecule has 6 nitrogen and oxygen atoms in total. The van der Waals surface area contributed by atoms with Crippen molar-refractivity contribution < 1.29 is 14.3 Å². The van der Waals surface area contributed by atoms with Gasteiger partial charge in [-0.3, -0.25) is 0 Å². The van der Waals surface area contributed by atoms with Gasteiger partial charge in [-0.1, -0.05) is 32.1 Å². The average Bonchev–Trinajstić information content (AvgIpc) is 2.94. The van der Waals surface area contributed by atoms with Crippen LogP contribution in [0.1, 0.15) is 46.5 Å². The zero-order chi connectivity index (χ0) is 22.1. The first-order chi connectivity index (χ1) is 14.1. The molecule has 0 aliphatic heterocycles. The van der Waals surface area contributed by atoms with Crippen molar-refractivity contribution in [2.24, 2.45) is 5.73 Å². The zero-order valence-corrected chi connectivity index (χ0v) is 18.3. The summed E-state index contributed by atoms with van der Waals surface area (Å²) in [5, 5.41) is 5.84. The average molecular weight is 404 g/mol. The van der Waals surface area contributed by atoms with Crippen molar-refractivity contribution in [1.29, 1.82) is 0 Å². The molecule has 1 aliphatic rings. The van der Waals surface area contributed by atoms with Crippen LogP contribution in [0.3, 0.4) is 0 Å².